The van der Waals surface area contributed by atoms with E-state index in [9.17, 15) is 64.3 Å². The van der Waals surface area contributed by atoms with Gasteiger partial charge < -0.3 is 9.84 Å². The summed E-state index contributed by atoms with van der Waals surface area (Å²) in [6.07, 6.45) is -9.48. The lowest BCUT2D eigenvalue weighted by Crippen LogP contribution is -2.61. The molecule has 1 N–H and O–H groups in total. The maximum atomic E-state index is 13.8. The topological polar surface area (TPSA) is 119 Å². The van der Waals surface area contributed by atoms with Crippen molar-refractivity contribution >= 4 is 23.3 Å². The third kappa shape index (κ3) is 5.45. The number of rotatable bonds is 9. The maximum absolute atomic E-state index is 13.8. The molecule has 1 heterocycles. The summed E-state index contributed by atoms with van der Waals surface area (Å²) in [6.45, 7) is 0.613. The summed E-state index contributed by atoms with van der Waals surface area (Å²) in [4.78, 5) is 38.9. The Kier molecular flexibility index (Phi) is 8.24. The van der Waals surface area contributed by atoms with Crippen LogP contribution in [-0.4, -0.2) is 58.2 Å². The van der Waals surface area contributed by atoms with Crippen LogP contribution < -0.4 is 0 Å². The van der Waals surface area contributed by atoms with Crippen molar-refractivity contribution in [1.29, 1.82) is 0 Å². The highest BCUT2D eigenvalue weighted by molar-refractivity contribution is 6.06. The third-order valence-electron chi connectivity index (χ3n) is 5.61. The molecule has 0 aliphatic carbocycles. The Morgan fingerprint density at radius 1 is 1.05 bits per heavy atom. The van der Waals surface area contributed by atoms with Crippen LogP contribution in [0.4, 0.5) is 45.2 Å². The number of carboxylic acid groups (broad SMARTS) is 1. The first-order chi connectivity index (χ1) is 17.2. The lowest BCUT2D eigenvalue weighted by molar-refractivity contribution is -0.397. The second-order valence-corrected chi connectivity index (χ2v) is 8.13. The lowest BCUT2D eigenvalue weighted by Gasteiger charge is -2.33. The Morgan fingerprint density at radius 2 is 1.63 bits per heavy atom. The number of aliphatic carboxylic acids is 1. The number of carbonyl (C=O) groups excluding carboxylic acids is 1. The number of benzene rings is 1. The number of ether oxygens (including phenoxy) is 1. The molecule has 1 aromatic rings. The number of halogens is 9. The average molecular weight is 564 g/mol. The molecule has 0 saturated heterocycles. The summed E-state index contributed by atoms with van der Waals surface area (Å²) in [5, 5.41) is 20.8. The van der Waals surface area contributed by atoms with Gasteiger partial charge in [0, 0.05) is 29.5 Å². The number of carboxylic acids is 1. The molecule has 1 aliphatic rings. The number of nitro benzene ring substituents is 1. The van der Waals surface area contributed by atoms with E-state index in [1.165, 1.54) is 13.0 Å². The zero-order chi connectivity index (χ0) is 29.4. The molecule has 2 atom stereocenters. The Hall–Kier alpha value is -3.66. The standard InChI is InChI=1S/C21H17F9N2O6/c1-9-13(16(33)34)15(11-4-3-5-12(8-11)32(36)37)14(10(2)31-9)17(35)38-7-6-18(22,23)19(24,25)20(26,27)21(28,29)30/h3-5,8,13,15H,6-7H2,1-2H3,(H,33,34). The van der Waals surface area contributed by atoms with E-state index in [-0.39, 0.29) is 17.0 Å². The van der Waals surface area contributed by atoms with Gasteiger partial charge in [0.05, 0.1) is 23.5 Å². The van der Waals surface area contributed by atoms with Crippen molar-refractivity contribution in [3.63, 3.8) is 0 Å². The van der Waals surface area contributed by atoms with Gasteiger partial charge in [-0.1, -0.05) is 12.1 Å². The van der Waals surface area contributed by atoms with Gasteiger partial charge >= 0.3 is 35.9 Å². The summed E-state index contributed by atoms with van der Waals surface area (Å²) in [7, 11) is 0. The van der Waals surface area contributed by atoms with Crippen molar-refractivity contribution in [2.45, 2.75) is 50.1 Å². The van der Waals surface area contributed by atoms with E-state index in [4.69, 9.17) is 0 Å². The number of allylic oxidation sites excluding steroid dienone is 1. The molecule has 17 heteroatoms. The van der Waals surface area contributed by atoms with Crippen molar-refractivity contribution in [3.05, 3.63) is 51.2 Å². The Labute approximate surface area is 206 Å². The molecule has 0 fully saturated rings. The molecule has 38 heavy (non-hydrogen) atoms. The predicted octanol–water partition coefficient (Wildman–Crippen LogP) is 5.53. The molecule has 1 aliphatic heterocycles. The molecule has 8 nitrogen and oxygen atoms in total. The number of hydrogen-bond acceptors (Lipinski definition) is 6. The van der Waals surface area contributed by atoms with Crippen LogP contribution in [0, 0.1) is 16.0 Å². The normalized spacial score (nSPS) is 19.2. The number of carbonyl (C=O) groups is 2. The van der Waals surface area contributed by atoms with Gasteiger partial charge in [-0.25, -0.2) is 4.79 Å². The smallest absolute Gasteiger partial charge is 0.460 e. The van der Waals surface area contributed by atoms with Crippen LogP contribution in [0.1, 0.15) is 31.7 Å². The lowest BCUT2D eigenvalue weighted by atomic mass is 9.75. The van der Waals surface area contributed by atoms with Crippen molar-refractivity contribution in [3.8, 4) is 0 Å². The molecule has 2 rings (SSSR count). The SMILES string of the molecule is CC1=NC(C)=C(C(=O)OCCC(F)(F)C(F)(F)C(F)(F)C(F)(F)F)C(c2cccc([N+](=O)[O-])c2)C1C(=O)O. The van der Waals surface area contributed by atoms with E-state index in [1.807, 2.05) is 0 Å². The highest BCUT2D eigenvalue weighted by Crippen LogP contribution is 2.54. The second kappa shape index (κ2) is 10.2. The average Bonchev–Trinajstić information content (AvgIpc) is 2.77. The van der Waals surface area contributed by atoms with E-state index in [0.29, 0.717) is 0 Å². The van der Waals surface area contributed by atoms with Crippen LogP contribution in [0.5, 0.6) is 0 Å². The molecular formula is C21H17F9N2O6. The summed E-state index contributed by atoms with van der Waals surface area (Å²) in [5.41, 5.74) is -1.62. The molecule has 2 unspecified atom stereocenters. The van der Waals surface area contributed by atoms with Gasteiger partial charge in [0.15, 0.2) is 0 Å². The van der Waals surface area contributed by atoms with Crippen LogP contribution in [0.3, 0.4) is 0 Å². The summed E-state index contributed by atoms with van der Waals surface area (Å²) >= 11 is 0. The van der Waals surface area contributed by atoms with Gasteiger partial charge in [0.1, 0.15) is 5.92 Å². The first kappa shape index (κ1) is 30.6. The zero-order valence-corrected chi connectivity index (χ0v) is 19.2. The fraction of sp³-hybridized carbons (Fsp3) is 0.476. The van der Waals surface area contributed by atoms with Crippen LogP contribution in [0.25, 0.3) is 0 Å². The minimum absolute atomic E-state index is 0.0800. The van der Waals surface area contributed by atoms with Crippen LogP contribution in [0.15, 0.2) is 40.5 Å². The highest BCUT2D eigenvalue weighted by Gasteiger charge is 2.81. The van der Waals surface area contributed by atoms with E-state index < -0.39 is 76.9 Å². The zero-order valence-electron chi connectivity index (χ0n) is 19.2. The molecule has 210 valence electrons. The number of esters is 1. The minimum atomic E-state index is -7.12. The number of alkyl halides is 9. The summed E-state index contributed by atoms with van der Waals surface area (Å²) in [6, 6.07) is 4.29. The molecular weight excluding hydrogens is 547 g/mol. The number of non-ortho nitro benzene ring substituents is 1. The van der Waals surface area contributed by atoms with Gasteiger partial charge in [-0.2, -0.15) is 39.5 Å². The van der Waals surface area contributed by atoms with Gasteiger partial charge in [-0.05, 0) is 19.4 Å². The van der Waals surface area contributed by atoms with Crippen molar-refractivity contribution in [2.75, 3.05) is 6.61 Å². The van der Waals surface area contributed by atoms with E-state index in [2.05, 4.69) is 9.73 Å². The Bertz CT molecular complexity index is 1190. The van der Waals surface area contributed by atoms with Crippen molar-refractivity contribution < 1.29 is 63.9 Å². The molecule has 0 amide bonds. The molecule has 0 spiro atoms. The van der Waals surface area contributed by atoms with Crippen LogP contribution in [0.2, 0.25) is 0 Å². The number of nitro groups is 1. The van der Waals surface area contributed by atoms with Gasteiger partial charge in [-0.3, -0.25) is 19.9 Å². The largest absolute Gasteiger partial charge is 0.481 e. The first-order valence-electron chi connectivity index (χ1n) is 10.3. The fourth-order valence-corrected chi connectivity index (χ4v) is 3.73. The van der Waals surface area contributed by atoms with Crippen LogP contribution in [-0.2, 0) is 14.3 Å². The van der Waals surface area contributed by atoms with Gasteiger partial charge in [-0.15, -0.1) is 0 Å². The third-order valence-corrected chi connectivity index (χ3v) is 5.61. The fourth-order valence-electron chi connectivity index (χ4n) is 3.73. The van der Waals surface area contributed by atoms with Crippen molar-refractivity contribution in [1.82, 2.24) is 0 Å². The quantitative estimate of drug-likeness (QED) is 0.182. The summed E-state index contributed by atoms with van der Waals surface area (Å²) in [5.74, 6) is -26.4. The molecule has 0 aromatic heterocycles. The minimum Gasteiger partial charge on any atom is -0.481 e. The second-order valence-electron chi connectivity index (χ2n) is 8.13. The highest BCUT2D eigenvalue weighted by atomic mass is 19.4. The first-order valence-corrected chi connectivity index (χ1v) is 10.3. The van der Waals surface area contributed by atoms with E-state index in [1.54, 1.807) is 0 Å². The van der Waals surface area contributed by atoms with E-state index in [0.717, 1.165) is 25.1 Å². The van der Waals surface area contributed by atoms with Gasteiger partial charge in [0.2, 0.25) is 0 Å². The Balaban J connectivity index is 2.40. The van der Waals surface area contributed by atoms with Crippen molar-refractivity contribution in [2.24, 2.45) is 10.9 Å². The number of nitrogens with zero attached hydrogens (tertiary/aromatic N) is 2. The number of aliphatic imine (C=N–C) groups is 1. The molecule has 0 radical (unpaired) electrons. The number of hydrogen-bond donors (Lipinski definition) is 1. The predicted molar refractivity (Wildman–Crippen MR) is 109 cm³/mol. The van der Waals surface area contributed by atoms with Gasteiger partial charge in [0.25, 0.3) is 5.69 Å². The molecule has 0 saturated carbocycles. The molecule has 1 aromatic carbocycles. The maximum Gasteiger partial charge on any atom is 0.460 e. The molecule has 0 bridgehead atoms. The van der Waals surface area contributed by atoms with Crippen LogP contribution >= 0.6 is 0 Å². The summed E-state index contributed by atoms with van der Waals surface area (Å²) < 4.78 is 122. The Morgan fingerprint density at radius 3 is 2.13 bits per heavy atom. The van der Waals surface area contributed by atoms with E-state index >= 15 is 0 Å². The monoisotopic (exact) mass is 564 g/mol.